The molecule has 156 valence electrons. The fourth-order valence-corrected chi connectivity index (χ4v) is 5.20. The predicted octanol–water partition coefficient (Wildman–Crippen LogP) is 6.19. The lowest BCUT2D eigenvalue weighted by atomic mass is 9.69. The standard InChI is InChI=1S/C25H38O3/c1-3-19-5-9-21(10-6-19)22-11-13-23(14-12-22)25(26)28-18-17-20-7-15-24(16-8-20)27-4-2/h7-8,15-16,19,21-23H,3-6,9-14,17-18H2,1-2H3/t19-,21-,22-,23-. The summed E-state index contributed by atoms with van der Waals surface area (Å²) in [6, 6.07) is 8.07. The van der Waals surface area contributed by atoms with Gasteiger partial charge in [0.15, 0.2) is 0 Å². The second kappa shape index (κ2) is 10.9. The molecular weight excluding hydrogens is 348 g/mol. The van der Waals surface area contributed by atoms with Crippen LogP contribution in [0.4, 0.5) is 0 Å². The van der Waals surface area contributed by atoms with Crippen LogP contribution in [0, 0.1) is 23.7 Å². The summed E-state index contributed by atoms with van der Waals surface area (Å²) < 4.78 is 11.1. The van der Waals surface area contributed by atoms with Crippen LogP contribution in [0.2, 0.25) is 0 Å². The van der Waals surface area contributed by atoms with Gasteiger partial charge in [-0.25, -0.2) is 0 Å². The topological polar surface area (TPSA) is 35.5 Å². The molecule has 0 aromatic heterocycles. The Morgan fingerprint density at radius 1 is 0.893 bits per heavy atom. The maximum atomic E-state index is 12.5. The molecule has 0 N–H and O–H groups in total. The molecule has 0 radical (unpaired) electrons. The molecule has 0 spiro atoms. The summed E-state index contributed by atoms with van der Waals surface area (Å²) in [4.78, 5) is 12.5. The van der Waals surface area contributed by atoms with Crippen LogP contribution < -0.4 is 4.74 Å². The second-order valence-electron chi connectivity index (χ2n) is 8.80. The van der Waals surface area contributed by atoms with Crippen LogP contribution in [0.25, 0.3) is 0 Å². The highest BCUT2D eigenvalue weighted by atomic mass is 16.5. The number of hydrogen-bond acceptors (Lipinski definition) is 3. The van der Waals surface area contributed by atoms with Crippen molar-refractivity contribution in [2.24, 2.45) is 23.7 Å². The molecule has 1 aromatic carbocycles. The maximum Gasteiger partial charge on any atom is 0.308 e. The van der Waals surface area contributed by atoms with E-state index in [-0.39, 0.29) is 11.9 Å². The molecule has 0 heterocycles. The largest absolute Gasteiger partial charge is 0.494 e. The monoisotopic (exact) mass is 386 g/mol. The molecule has 2 aliphatic rings. The smallest absolute Gasteiger partial charge is 0.308 e. The third-order valence-corrected chi connectivity index (χ3v) is 7.11. The first-order chi connectivity index (χ1) is 13.7. The van der Waals surface area contributed by atoms with Crippen molar-refractivity contribution in [3.63, 3.8) is 0 Å². The van der Waals surface area contributed by atoms with Crippen LogP contribution in [0.3, 0.4) is 0 Å². The van der Waals surface area contributed by atoms with Crippen molar-refractivity contribution in [2.75, 3.05) is 13.2 Å². The van der Waals surface area contributed by atoms with Gasteiger partial charge in [-0.1, -0.05) is 38.3 Å². The van der Waals surface area contributed by atoms with Crippen molar-refractivity contribution in [1.29, 1.82) is 0 Å². The molecule has 2 saturated carbocycles. The number of carbonyl (C=O) groups excluding carboxylic acids is 1. The Bertz CT molecular complexity index is 578. The summed E-state index contributed by atoms with van der Waals surface area (Å²) in [6.07, 6.45) is 12.3. The molecule has 0 bridgehead atoms. The molecule has 2 aliphatic carbocycles. The van der Waals surface area contributed by atoms with E-state index in [0.717, 1.165) is 42.8 Å². The van der Waals surface area contributed by atoms with Gasteiger partial charge >= 0.3 is 5.97 Å². The highest BCUT2D eigenvalue weighted by Gasteiger charge is 2.33. The summed E-state index contributed by atoms with van der Waals surface area (Å²) >= 11 is 0. The van der Waals surface area contributed by atoms with Gasteiger partial charge < -0.3 is 9.47 Å². The lowest BCUT2D eigenvalue weighted by molar-refractivity contribution is -0.150. The molecule has 2 fully saturated rings. The molecule has 3 rings (SSSR count). The Labute approximate surface area is 171 Å². The van der Waals surface area contributed by atoms with E-state index in [4.69, 9.17) is 9.47 Å². The molecule has 3 heteroatoms. The van der Waals surface area contributed by atoms with Gasteiger partial charge in [-0.05, 0) is 80.9 Å². The van der Waals surface area contributed by atoms with Crippen LogP contribution in [-0.4, -0.2) is 19.2 Å². The summed E-state index contributed by atoms with van der Waals surface area (Å²) in [5.74, 6) is 3.79. The van der Waals surface area contributed by atoms with Gasteiger partial charge in [0.25, 0.3) is 0 Å². The van der Waals surface area contributed by atoms with Crippen LogP contribution in [-0.2, 0) is 16.0 Å². The zero-order chi connectivity index (χ0) is 19.8. The van der Waals surface area contributed by atoms with Crippen molar-refractivity contribution in [2.45, 2.75) is 78.1 Å². The normalized spacial score (nSPS) is 27.9. The van der Waals surface area contributed by atoms with Crippen molar-refractivity contribution in [1.82, 2.24) is 0 Å². The van der Waals surface area contributed by atoms with Crippen LogP contribution in [0.15, 0.2) is 24.3 Å². The Balaban J connectivity index is 1.34. The van der Waals surface area contributed by atoms with E-state index in [0.29, 0.717) is 13.2 Å². The van der Waals surface area contributed by atoms with Crippen LogP contribution >= 0.6 is 0 Å². The molecule has 3 nitrogen and oxygen atoms in total. The lowest BCUT2D eigenvalue weighted by Gasteiger charge is -2.37. The summed E-state index contributed by atoms with van der Waals surface area (Å²) in [5, 5.41) is 0. The Kier molecular flexibility index (Phi) is 8.24. The van der Waals surface area contributed by atoms with Gasteiger partial charge in [-0.3, -0.25) is 4.79 Å². The Morgan fingerprint density at radius 2 is 1.50 bits per heavy atom. The average molecular weight is 387 g/mol. The zero-order valence-corrected chi connectivity index (χ0v) is 17.8. The quantitative estimate of drug-likeness (QED) is 0.499. The number of carbonyl (C=O) groups is 1. The molecule has 0 aliphatic heterocycles. The Hall–Kier alpha value is -1.51. The van der Waals surface area contributed by atoms with Gasteiger partial charge in [0.2, 0.25) is 0 Å². The average Bonchev–Trinajstić information content (AvgIpc) is 2.75. The van der Waals surface area contributed by atoms with E-state index in [9.17, 15) is 4.79 Å². The molecular formula is C25H38O3. The summed E-state index contributed by atoms with van der Waals surface area (Å²) in [6.45, 7) is 5.47. The Morgan fingerprint density at radius 3 is 2.07 bits per heavy atom. The van der Waals surface area contributed by atoms with Gasteiger partial charge in [0, 0.05) is 6.42 Å². The minimum Gasteiger partial charge on any atom is -0.494 e. The molecule has 1 aromatic rings. The molecule has 0 atom stereocenters. The van der Waals surface area contributed by atoms with Gasteiger partial charge in [0.05, 0.1) is 19.1 Å². The van der Waals surface area contributed by atoms with Crippen LogP contribution in [0.1, 0.15) is 77.2 Å². The number of benzene rings is 1. The third kappa shape index (κ3) is 5.99. The fourth-order valence-electron chi connectivity index (χ4n) is 5.20. The van der Waals surface area contributed by atoms with Crippen molar-refractivity contribution >= 4 is 5.97 Å². The SMILES string of the molecule is CCOc1ccc(CCOC(=O)[C@H]2CC[C@H]([C@H]3CC[C@H](CC)CC3)CC2)cc1. The van der Waals surface area contributed by atoms with Crippen molar-refractivity contribution < 1.29 is 14.3 Å². The zero-order valence-electron chi connectivity index (χ0n) is 17.8. The first kappa shape index (κ1) is 21.2. The van der Waals surface area contributed by atoms with Gasteiger partial charge in [-0.2, -0.15) is 0 Å². The molecule has 0 amide bonds. The third-order valence-electron chi connectivity index (χ3n) is 7.11. The molecule has 0 unspecified atom stereocenters. The number of hydrogen-bond donors (Lipinski definition) is 0. The highest BCUT2D eigenvalue weighted by molar-refractivity contribution is 5.72. The summed E-state index contributed by atoms with van der Waals surface area (Å²) in [7, 11) is 0. The molecule has 28 heavy (non-hydrogen) atoms. The van der Waals surface area contributed by atoms with E-state index >= 15 is 0 Å². The minimum absolute atomic E-state index is 0.0269. The highest BCUT2D eigenvalue weighted by Crippen LogP contribution is 2.42. The first-order valence-electron chi connectivity index (χ1n) is 11.6. The minimum atomic E-state index is 0.0269. The van der Waals surface area contributed by atoms with Crippen molar-refractivity contribution in [3.05, 3.63) is 29.8 Å². The predicted molar refractivity (Wildman–Crippen MR) is 113 cm³/mol. The van der Waals surface area contributed by atoms with E-state index in [1.807, 2.05) is 19.1 Å². The summed E-state index contributed by atoms with van der Waals surface area (Å²) in [5.41, 5.74) is 1.18. The fraction of sp³-hybridized carbons (Fsp3) is 0.720. The lowest BCUT2D eigenvalue weighted by Crippen LogP contribution is -2.29. The van der Waals surface area contributed by atoms with E-state index in [1.165, 1.54) is 50.5 Å². The van der Waals surface area contributed by atoms with Crippen LogP contribution in [0.5, 0.6) is 5.75 Å². The number of rotatable bonds is 8. The van der Waals surface area contributed by atoms with E-state index in [1.54, 1.807) is 0 Å². The van der Waals surface area contributed by atoms with Gasteiger partial charge in [0.1, 0.15) is 5.75 Å². The van der Waals surface area contributed by atoms with E-state index in [2.05, 4.69) is 19.1 Å². The number of esters is 1. The van der Waals surface area contributed by atoms with Crippen molar-refractivity contribution in [3.8, 4) is 5.75 Å². The van der Waals surface area contributed by atoms with E-state index < -0.39 is 0 Å². The molecule has 0 saturated heterocycles. The van der Waals surface area contributed by atoms with Gasteiger partial charge in [-0.15, -0.1) is 0 Å². The first-order valence-corrected chi connectivity index (χ1v) is 11.6. The maximum absolute atomic E-state index is 12.5. The number of ether oxygens (including phenoxy) is 2. The second-order valence-corrected chi connectivity index (χ2v) is 8.80.